The van der Waals surface area contributed by atoms with Gasteiger partial charge >= 0.3 is 0 Å². The van der Waals surface area contributed by atoms with Gasteiger partial charge in [-0.15, -0.1) is 0 Å². The molecule has 2 unspecified atom stereocenters. The van der Waals surface area contributed by atoms with Gasteiger partial charge in [0.05, 0.1) is 36.9 Å². The van der Waals surface area contributed by atoms with Crippen LogP contribution in [-0.4, -0.2) is 43.2 Å². The van der Waals surface area contributed by atoms with Crippen LogP contribution in [0.5, 0.6) is 5.75 Å². The van der Waals surface area contributed by atoms with E-state index in [1.54, 1.807) is 5.01 Å². The predicted octanol–water partition coefficient (Wildman–Crippen LogP) is 1.07. The van der Waals surface area contributed by atoms with Gasteiger partial charge in [0.25, 0.3) is 5.91 Å². The number of hydrogen-bond acceptors (Lipinski definition) is 7. The third-order valence-corrected chi connectivity index (χ3v) is 5.80. The molecule has 33 heavy (non-hydrogen) atoms. The number of hydrazine groups is 1. The van der Waals surface area contributed by atoms with Crippen LogP contribution < -0.4 is 26.9 Å². The van der Waals surface area contributed by atoms with Crippen molar-refractivity contribution in [3.05, 3.63) is 76.4 Å². The number of methoxy groups -OCH3 is 1. The number of benzene rings is 2. The summed E-state index contributed by atoms with van der Waals surface area (Å²) >= 11 is 0. The van der Waals surface area contributed by atoms with Gasteiger partial charge < -0.3 is 26.3 Å². The number of hydrogen-bond donors (Lipinski definition) is 4. The molecule has 2 aromatic carbocycles. The lowest BCUT2D eigenvalue weighted by atomic mass is 9.98. The number of rotatable bonds is 7. The molecular weight excluding hydrogens is 429 g/mol. The van der Waals surface area contributed by atoms with Crippen molar-refractivity contribution in [1.29, 1.82) is 0 Å². The van der Waals surface area contributed by atoms with Crippen molar-refractivity contribution < 1.29 is 23.5 Å². The van der Waals surface area contributed by atoms with E-state index in [0.29, 0.717) is 24.6 Å². The van der Waals surface area contributed by atoms with Crippen LogP contribution in [0.2, 0.25) is 0 Å². The predicted molar refractivity (Wildman–Crippen MR) is 118 cm³/mol. The highest BCUT2D eigenvalue weighted by molar-refractivity contribution is 5.97. The van der Waals surface area contributed by atoms with Crippen LogP contribution in [0.4, 0.5) is 4.39 Å². The molecule has 0 aliphatic carbocycles. The van der Waals surface area contributed by atoms with Crippen LogP contribution in [-0.2, 0) is 16.1 Å². The van der Waals surface area contributed by atoms with E-state index in [4.69, 9.17) is 20.9 Å². The molecule has 2 amide bonds. The molecule has 2 aliphatic heterocycles. The molecular formula is C23H26FN5O4. The van der Waals surface area contributed by atoms with Crippen molar-refractivity contribution in [3.63, 3.8) is 0 Å². The molecule has 6 N–H and O–H groups in total. The number of carbonyl (C=O) groups is 2. The van der Waals surface area contributed by atoms with E-state index in [-0.39, 0.29) is 23.9 Å². The molecule has 0 aromatic heterocycles. The molecule has 10 heteroatoms. The number of nitrogens with zero attached hydrogens (tertiary/aromatic N) is 1. The van der Waals surface area contributed by atoms with E-state index < -0.39 is 23.7 Å². The van der Waals surface area contributed by atoms with Crippen molar-refractivity contribution >= 4 is 11.8 Å². The lowest BCUT2D eigenvalue weighted by Gasteiger charge is -2.27. The van der Waals surface area contributed by atoms with Crippen LogP contribution in [0.25, 0.3) is 0 Å². The number of ether oxygens (including phenoxy) is 2. The molecule has 2 aromatic rings. The Kier molecular flexibility index (Phi) is 6.47. The van der Waals surface area contributed by atoms with E-state index in [2.05, 4.69) is 10.7 Å². The van der Waals surface area contributed by atoms with Gasteiger partial charge in [0.15, 0.2) is 0 Å². The Morgan fingerprint density at radius 2 is 2.03 bits per heavy atom. The third kappa shape index (κ3) is 4.62. The van der Waals surface area contributed by atoms with E-state index >= 15 is 0 Å². The molecule has 1 fully saturated rings. The number of amides is 2. The van der Waals surface area contributed by atoms with Gasteiger partial charge in [-0.2, -0.15) is 0 Å². The SMILES string of the molecule is COc1ccc(F)cc1C(=O)NCc1ccc(C2NN(C3CCOC3)C(N)=C2C(N)=O)cc1. The Morgan fingerprint density at radius 3 is 2.67 bits per heavy atom. The maximum Gasteiger partial charge on any atom is 0.255 e. The molecule has 2 atom stereocenters. The summed E-state index contributed by atoms with van der Waals surface area (Å²) in [5.74, 6) is -0.966. The van der Waals surface area contributed by atoms with Gasteiger partial charge in [0, 0.05) is 13.2 Å². The molecule has 0 saturated carbocycles. The van der Waals surface area contributed by atoms with Crippen molar-refractivity contribution in [2.45, 2.75) is 25.0 Å². The number of halogens is 1. The Hall–Kier alpha value is -3.63. The first-order valence-electron chi connectivity index (χ1n) is 10.5. The summed E-state index contributed by atoms with van der Waals surface area (Å²) in [4.78, 5) is 24.6. The molecule has 0 radical (unpaired) electrons. The zero-order valence-electron chi connectivity index (χ0n) is 18.1. The Labute approximate surface area is 190 Å². The topological polar surface area (TPSA) is 132 Å². The highest BCUT2D eigenvalue weighted by Crippen LogP contribution is 2.32. The minimum absolute atomic E-state index is 0.0265. The van der Waals surface area contributed by atoms with E-state index in [1.165, 1.54) is 19.2 Å². The summed E-state index contributed by atoms with van der Waals surface area (Å²) in [6, 6.07) is 10.7. The summed E-state index contributed by atoms with van der Waals surface area (Å²) in [6.45, 7) is 1.37. The average molecular weight is 455 g/mol. The first-order valence-corrected chi connectivity index (χ1v) is 10.5. The second-order valence-corrected chi connectivity index (χ2v) is 7.88. The highest BCUT2D eigenvalue weighted by Gasteiger charge is 2.38. The Bertz CT molecular complexity index is 1080. The summed E-state index contributed by atoms with van der Waals surface area (Å²) in [6.07, 6.45) is 0.793. The van der Waals surface area contributed by atoms with Crippen LogP contribution in [0.15, 0.2) is 53.9 Å². The lowest BCUT2D eigenvalue weighted by Crippen LogP contribution is -2.44. The highest BCUT2D eigenvalue weighted by atomic mass is 19.1. The fourth-order valence-electron chi connectivity index (χ4n) is 4.05. The molecule has 1 saturated heterocycles. The summed E-state index contributed by atoms with van der Waals surface area (Å²) in [5.41, 5.74) is 17.2. The zero-order valence-corrected chi connectivity index (χ0v) is 18.1. The summed E-state index contributed by atoms with van der Waals surface area (Å²) in [5, 5.41) is 4.52. The number of carbonyl (C=O) groups excluding carboxylic acids is 2. The molecule has 0 spiro atoms. The smallest absolute Gasteiger partial charge is 0.255 e. The van der Waals surface area contributed by atoms with Gasteiger partial charge in [-0.3, -0.25) is 14.6 Å². The second-order valence-electron chi connectivity index (χ2n) is 7.88. The van der Waals surface area contributed by atoms with Crippen LogP contribution >= 0.6 is 0 Å². The molecule has 0 bridgehead atoms. The van der Waals surface area contributed by atoms with Gasteiger partial charge in [-0.05, 0) is 35.7 Å². The van der Waals surface area contributed by atoms with Crippen molar-refractivity contribution in [2.75, 3.05) is 20.3 Å². The monoisotopic (exact) mass is 455 g/mol. The van der Waals surface area contributed by atoms with E-state index in [0.717, 1.165) is 23.6 Å². The fourth-order valence-corrected chi connectivity index (χ4v) is 4.05. The van der Waals surface area contributed by atoms with Crippen LogP contribution in [0, 0.1) is 5.82 Å². The zero-order chi connectivity index (χ0) is 23.5. The molecule has 2 aliphatic rings. The maximum absolute atomic E-state index is 13.5. The minimum atomic E-state index is -0.591. The summed E-state index contributed by atoms with van der Waals surface area (Å²) in [7, 11) is 1.42. The quantitative estimate of drug-likeness (QED) is 0.491. The Morgan fingerprint density at radius 1 is 1.27 bits per heavy atom. The van der Waals surface area contributed by atoms with Crippen LogP contribution in [0.3, 0.4) is 0 Å². The van der Waals surface area contributed by atoms with Crippen molar-refractivity contribution in [2.24, 2.45) is 11.5 Å². The largest absolute Gasteiger partial charge is 0.496 e. The number of nitrogens with one attached hydrogen (secondary N) is 2. The van der Waals surface area contributed by atoms with Gasteiger partial charge in [-0.1, -0.05) is 24.3 Å². The molecule has 2 heterocycles. The number of nitrogens with two attached hydrogens (primary N) is 2. The van der Waals surface area contributed by atoms with Crippen LogP contribution in [0.1, 0.15) is 33.9 Å². The van der Waals surface area contributed by atoms with Crippen molar-refractivity contribution in [1.82, 2.24) is 15.8 Å². The minimum Gasteiger partial charge on any atom is -0.496 e. The van der Waals surface area contributed by atoms with E-state index in [9.17, 15) is 14.0 Å². The molecule has 4 rings (SSSR count). The number of primary amides is 1. The maximum atomic E-state index is 13.5. The van der Waals surface area contributed by atoms with Gasteiger partial charge in [0.1, 0.15) is 17.4 Å². The third-order valence-electron chi connectivity index (χ3n) is 5.80. The standard InChI is InChI=1S/C23H26FN5O4/c1-32-18-7-6-15(24)10-17(18)23(31)27-11-13-2-4-14(5-3-13)20-19(22(26)30)21(25)29(28-20)16-8-9-33-12-16/h2-7,10,16,20,28H,8-9,11-12,25H2,1H3,(H2,26,30)(H,27,31). The van der Waals surface area contributed by atoms with E-state index in [1.807, 2.05) is 24.3 Å². The molecule has 174 valence electrons. The van der Waals surface area contributed by atoms with Crippen molar-refractivity contribution in [3.8, 4) is 5.75 Å². The normalized spacial score (nSPS) is 20.2. The lowest BCUT2D eigenvalue weighted by molar-refractivity contribution is -0.114. The first-order chi connectivity index (χ1) is 15.9. The summed E-state index contributed by atoms with van der Waals surface area (Å²) < 4.78 is 24.1. The molecule has 9 nitrogen and oxygen atoms in total. The average Bonchev–Trinajstić information content (AvgIpc) is 3.45. The first kappa shape index (κ1) is 22.6. The van der Waals surface area contributed by atoms with Gasteiger partial charge in [-0.25, -0.2) is 9.82 Å². The van der Waals surface area contributed by atoms with Gasteiger partial charge in [0.2, 0.25) is 5.91 Å². The Balaban J connectivity index is 1.45. The fraction of sp³-hybridized carbons (Fsp3) is 0.304. The second kappa shape index (κ2) is 9.47.